The summed E-state index contributed by atoms with van der Waals surface area (Å²) < 4.78 is 0. The molecule has 0 aromatic carbocycles. The van der Waals surface area contributed by atoms with E-state index in [1.165, 1.54) is 51.4 Å². The summed E-state index contributed by atoms with van der Waals surface area (Å²) in [4.78, 5) is 0. The lowest BCUT2D eigenvalue weighted by molar-refractivity contribution is 0.397. The average Bonchev–Trinajstić information content (AvgIpc) is 2.61. The Morgan fingerprint density at radius 1 is 0.846 bits per heavy atom. The molecule has 76 valence electrons. The molecule has 0 aliphatic heterocycles. The van der Waals surface area contributed by atoms with Crippen LogP contribution in [-0.2, 0) is 0 Å². The smallest absolute Gasteiger partial charge is 0.00754 e. The molecular weight excluding hydrogens is 176 g/mol. The summed E-state index contributed by atoms with van der Waals surface area (Å²) in [6, 6.07) is 0. The van der Waals surface area contributed by atoms with Gasteiger partial charge in [-0.25, -0.2) is 0 Å². The minimum Gasteiger partial charge on any atom is -0.155 e. The van der Waals surface area contributed by atoms with Crippen LogP contribution in [0.4, 0.5) is 0 Å². The number of rotatable bonds is 2. The van der Waals surface area contributed by atoms with Crippen LogP contribution in [0.2, 0.25) is 0 Å². The highest BCUT2D eigenvalue weighted by Crippen LogP contribution is 2.40. The van der Waals surface area contributed by atoms with Crippen molar-refractivity contribution in [1.29, 1.82) is 0 Å². The molecule has 1 heteroatoms. The van der Waals surface area contributed by atoms with Crippen molar-refractivity contribution in [2.24, 2.45) is 5.92 Å². The van der Waals surface area contributed by atoms with Gasteiger partial charge in [-0.15, -0.1) is 0 Å². The van der Waals surface area contributed by atoms with Crippen LogP contribution in [0.25, 0.3) is 0 Å². The number of hydrogen-bond acceptors (Lipinski definition) is 1. The molecule has 0 N–H and O–H groups in total. The minimum absolute atomic E-state index is 0.999. The topological polar surface area (TPSA) is 0 Å². The standard InChI is InChI=1S/C12H22S/c1-10-6-2-5-9-12(10)13-11-7-3-4-8-11/h10-12H,2-9H2,1H3. The first-order valence-electron chi connectivity index (χ1n) is 6.02. The van der Waals surface area contributed by atoms with Gasteiger partial charge in [-0.1, -0.05) is 32.6 Å². The van der Waals surface area contributed by atoms with Crippen molar-refractivity contribution >= 4 is 11.8 Å². The molecule has 0 aromatic heterocycles. The van der Waals surface area contributed by atoms with Crippen molar-refractivity contribution in [3.63, 3.8) is 0 Å². The largest absolute Gasteiger partial charge is 0.155 e. The normalized spacial score (nSPS) is 36.7. The Balaban J connectivity index is 1.78. The SMILES string of the molecule is CC1CCCCC1SC1CCCC1. The highest BCUT2D eigenvalue weighted by Gasteiger charge is 2.26. The third-order valence-electron chi connectivity index (χ3n) is 3.70. The summed E-state index contributed by atoms with van der Waals surface area (Å²) in [5.74, 6) is 0.999. The maximum atomic E-state index is 2.46. The molecule has 2 aliphatic carbocycles. The van der Waals surface area contributed by atoms with Crippen LogP contribution in [-0.4, -0.2) is 10.5 Å². The molecular formula is C12H22S. The van der Waals surface area contributed by atoms with Gasteiger partial charge >= 0.3 is 0 Å². The lowest BCUT2D eigenvalue weighted by Crippen LogP contribution is -2.21. The van der Waals surface area contributed by atoms with E-state index < -0.39 is 0 Å². The number of hydrogen-bond donors (Lipinski definition) is 0. The van der Waals surface area contributed by atoms with Gasteiger partial charge in [0, 0.05) is 10.5 Å². The second kappa shape index (κ2) is 4.72. The summed E-state index contributed by atoms with van der Waals surface area (Å²) in [6.07, 6.45) is 12.0. The Labute approximate surface area is 86.9 Å². The molecule has 2 unspecified atom stereocenters. The first-order valence-corrected chi connectivity index (χ1v) is 6.96. The quantitative estimate of drug-likeness (QED) is 0.639. The van der Waals surface area contributed by atoms with Crippen LogP contribution >= 0.6 is 11.8 Å². The van der Waals surface area contributed by atoms with Gasteiger partial charge in [-0.2, -0.15) is 11.8 Å². The highest BCUT2D eigenvalue weighted by atomic mass is 32.2. The van der Waals surface area contributed by atoms with Crippen LogP contribution in [0.1, 0.15) is 58.3 Å². The second-order valence-electron chi connectivity index (χ2n) is 4.84. The molecule has 0 heterocycles. The lowest BCUT2D eigenvalue weighted by Gasteiger charge is -2.30. The Kier molecular flexibility index (Phi) is 3.59. The molecule has 0 amide bonds. The summed E-state index contributed by atoms with van der Waals surface area (Å²) in [5, 5.41) is 2.04. The summed E-state index contributed by atoms with van der Waals surface area (Å²) >= 11 is 2.34. The lowest BCUT2D eigenvalue weighted by atomic mass is 9.90. The second-order valence-corrected chi connectivity index (χ2v) is 6.39. The van der Waals surface area contributed by atoms with Gasteiger partial charge < -0.3 is 0 Å². The van der Waals surface area contributed by atoms with Gasteiger partial charge in [-0.3, -0.25) is 0 Å². The van der Waals surface area contributed by atoms with Crippen molar-refractivity contribution in [3.05, 3.63) is 0 Å². The van der Waals surface area contributed by atoms with E-state index in [2.05, 4.69) is 18.7 Å². The van der Waals surface area contributed by atoms with Crippen molar-refractivity contribution in [2.45, 2.75) is 68.8 Å². The van der Waals surface area contributed by atoms with Crippen molar-refractivity contribution < 1.29 is 0 Å². The van der Waals surface area contributed by atoms with E-state index in [4.69, 9.17) is 0 Å². The van der Waals surface area contributed by atoms with E-state index >= 15 is 0 Å². The van der Waals surface area contributed by atoms with Gasteiger partial charge in [-0.05, 0) is 31.6 Å². The zero-order valence-electron chi connectivity index (χ0n) is 8.80. The van der Waals surface area contributed by atoms with E-state index in [0.717, 1.165) is 16.4 Å². The highest BCUT2D eigenvalue weighted by molar-refractivity contribution is 8.00. The molecule has 2 fully saturated rings. The molecule has 0 nitrogen and oxygen atoms in total. The van der Waals surface area contributed by atoms with E-state index in [9.17, 15) is 0 Å². The summed E-state index contributed by atoms with van der Waals surface area (Å²) in [7, 11) is 0. The maximum Gasteiger partial charge on any atom is 0.00754 e. The third-order valence-corrected chi connectivity index (χ3v) is 5.61. The third kappa shape index (κ3) is 2.65. The zero-order chi connectivity index (χ0) is 9.10. The van der Waals surface area contributed by atoms with Crippen LogP contribution in [0.15, 0.2) is 0 Å². The van der Waals surface area contributed by atoms with E-state index in [1.807, 2.05) is 0 Å². The Bertz CT molecular complexity index is 149. The molecule has 0 aromatic rings. The Hall–Kier alpha value is 0.350. The molecule has 0 radical (unpaired) electrons. The molecule has 2 aliphatic rings. The Morgan fingerprint density at radius 3 is 2.15 bits per heavy atom. The van der Waals surface area contributed by atoms with E-state index in [1.54, 1.807) is 0 Å². The summed E-state index contributed by atoms with van der Waals surface area (Å²) in [5.41, 5.74) is 0. The van der Waals surface area contributed by atoms with Gasteiger partial charge in [0.05, 0.1) is 0 Å². The van der Waals surface area contributed by atoms with Gasteiger partial charge in [0.15, 0.2) is 0 Å². The fourth-order valence-corrected chi connectivity index (χ4v) is 4.56. The molecule has 0 spiro atoms. The fourth-order valence-electron chi connectivity index (χ4n) is 2.76. The molecule has 0 saturated heterocycles. The van der Waals surface area contributed by atoms with E-state index in [-0.39, 0.29) is 0 Å². The number of thioether (sulfide) groups is 1. The molecule has 13 heavy (non-hydrogen) atoms. The fraction of sp³-hybridized carbons (Fsp3) is 1.00. The predicted molar refractivity (Wildman–Crippen MR) is 61.3 cm³/mol. The first kappa shape index (κ1) is 9.89. The molecule has 2 atom stereocenters. The van der Waals surface area contributed by atoms with Gasteiger partial charge in [0.1, 0.15) is 0 Å². The Morgan fingerprint density at radius 2 is 1.46 bits per heavy atom. The van der Waals surface area contributed by atoms with Crippen LogP contribution in [0, 0.1) is 5.92 Å². The van der Waals surface area contributed by atoms with Crippen molar-refractivity contribution in [3.8, 4) is 0 Å². The van der Waals surface area contributed by atoms with Crippen molar-refractivity contribution in [1.82, 2.24) is 0 Å². The minimum atomic E-state index is 0.999. The maximum absolute atomic E-state index is 2.46. The average molecular weight is 198 g/mol. The zero-order valence-corrected chi connectivity index (χ0v) is 9.61. The van der Waals surface area contributed by atoms with Crippen LogP contribution < -0.4 is 0 Å². The predicted octanol–water partition coefficient (Wildman–Crippen LogP) is 4.24. The van der Waals surface area contributed by atoms with Crippen molar-refractivity contribution in [2.75, 3.05) is 0 Å². The summed E-state index contributed by atoms with van der Waals surface area (Å²) in [6.45, 7) is 2.46. The first-order chi connectivity index (χ1) is 6.36. The van der Waals surface area contributed by atoms with Crippen LogP contribution in [0.5, 0.6) is 0 Å². The van der Waals surface area contributed by atoms with E-state index in [0.29, 0.717) is 0 Å². The molecule has 2 rings (SSSR count). The van der Waals surface area contributed by atoms with Gasteiger partial charge in [0.2, 0.25) is 0 Å². The monoisotopic (exact) mass is 198 g/mol. The molecule has 2 saturated carbocycles. The van der Waals surface area contributed by atoms with Gasteiger partial charge in [0.25, 0.3) is 0 Å². The molecule has 0 bridgehead atoms. The van der Waals surface area contributed by atoms with Crippen LogP contribution in [0.3, 0.4) is 0 Å².